The normalized spacial score (nSPS) is 17.7. The predicted octanol–water partition coefficient (Wildman–Crippen LogP) is 2.67. The van der Waals surface area contributed by atoms with Gasteiger partial charge in [0.25, 0.3) is 5.91 Å². The maximum atomic E-state index is 12.9. The van der Waals surface area contributed by atoms with Crippen molar-refractivity contribution in [2.45, 2.75) is 58.1 Å². The van der Waals surface area contributed by atoms with E-state index in [1.165, 1.54) is 19.3 Å². The first kappa shape index (κ1) is 26.6. The Labute approximate surface area is 193 Å². The van der Waals surface area contributed by atoms with E-state index in [4.69, 9.17) is 15.2 Å². The predicted molar refractivity (Wildman–Crippen MR) is 128 cm³/mol. The summed E-state index contributed by atoms with van der Waals surface area (Å²) in [4.78, 5) is 15.2. The third-order valence-electron chi connectivity index (χ3n) is 6.31. The number of piperidine rings is 1. The van der Waals surface area contributed by atoms with Gasteiger partial charge in [-0.05, 0) is 56.3 Å². The molecule has 4 N–H and O–H groups in total. The molecule has 7 nitrogen and oxygen atoms in total. The number of hydrogen-bond acceptors (Lipinski definition) is 6. The van der Waals surface area contributed by atoms with E-state index < -0.39 is 6.10 Å². The van der Waals surface area contributed by atoms with E-state index in [9.17, 15) is 9.90 Å². The van der Waals surface area contributed by atoms with Gasteiger partial charge in [0.15, 0.2) is 0 Å². The smallest absolute Gasteiger partial charge is 0.255 e. The molecule has 0 aromatic heterocycles. The van der Waals surface area contributed by atoms with Crippen LogP contribution in [-0.2, 0) is 4.74 Å². The number of nitrogens with one attached hydrogen (secondary N) is 1. The zero-order chi connectivity index (χ0) is 23.3. The average Bonchev–Trinajstić information content (AvgIpc) is 2.79. The molecule has 0 radical (unpaired) electrons. The molecule has 1 fully saturated rings. The Morgan fingerprint density at radius 3 is 2.59 bits per heavy atom. The van der Waals surface area contributed by atoms with Crippen LogP contribution in [0.2, 0.25) is 0 Å². The van der Waals surface area contributed by atoms with Gasteiger partial charge in [0.1, 0.15) is 5.75 Å². The first-order valence-corrected chi connectivity index (χ1v) is 12.1. The number of benzene rings is 1. The number of aliphatic hydroxyl groups is 1. The van der Waals surface area contributed by atoms with Crippen LogP contribution in [0, 0.1) is 11.8 Å². The fraction of sp³-hybridized carbons (Fsp3) is 0.720. The number of β-amino-alcohol motifs (C(OH)–C–C–N with tert-alkyl or cyclic N) is 1. The fourth-order valence-corrected chi connectivity index (χ4v) is 4.12. The van der Waals surface area contributed by atoms with Crippen LogP contribution in [0.25, 0.3) is 0 Å². The number of ether oxygens (including phenoxy) is 2. The quantitative estimate of drug-likeness (QED) is 0.378. The second-order valence-corrected chi connectivity index (χ2v) is 9.23. The Bertz CT molecular complexity index is 664. The van der Waals surface area contributed by atoms with Gasteiger partial charge in [-0.2, -0.15) is 0 Å². The van der Waals surface area contributed by atoms with Crippen molar-refractivity contribution in [1.82, 2.24) is 10.2 Å². The molecule has 1 aromatic carbocycles. The Hall–Kier alpha value is -1.67. The van der Waals surface area contributed by atoms with E-state index in [-0.39, 0.29) is 17.9 Å². The van der Waals surface area contributed by atoms with Crippen molar-refractivity contribution >= 4 is 5.91 Å². The maximum absolute atomic E-state index is 12.9. The molecule has 1 amide bonds. The maximum Gasteiger partial charge on any atom is 0.255 e. The molecule has 32 heavy (non-hydrogen) atoms. The molecule has 0 saturated carbocycles. The molecule has 1 heterocycles. The lowest BCUT2D eigenvalue weighted by Gasteiger charge is -2.32. The molecular formula is C25H43N3O4. The van der Waals surface area contributed by atoms with Gasteiger partial charge in [0.2, 0.25) is 0 Å². The van der Waals surface area contributed by atoms with Crippen molar-refractivity contribution in [3.63, 3.8) is 0 Å². The number of nitrogens with zero attached hydrogens (tertiary/aromatic N) is 1. The number of likely N-dealkylation sites (tertiary alicyclic amines) is 1. The third-order valence-corrected chi connectivity index (χ3v) is 6.31. The molecule has 2 rings (SSSR count). The van der Waals surface area contributed by atoms with Crippen LogP contribution in [0.3, 0.4) is 0 Å². The minimum atomic E-state index is -0.550. The topological polar surface area (TPSA) is 97.0 Å². The van der Waals surface area contributed by atoms with Crippen LogP contribution in [0.4, 0.5) is 0 Å². The Balaban J connectivity index is 1.87. The number of aliphatic hydroxyl groups excluding tert-OH is 1. The van der Waals surface area contributed by atoms with Gasteiger partial charge >= 0.3 is 0 Å². The molecule has 7 heteroatoms. The summed E-state index contributed by atoms with van der Waals surface area (Å²) < 4.78 is 10.8. The van der Waals surface area contributed by atoms with Crippen LogP contribution in [0.5, 0.6) is 5.75 Å². The van der Waals surface area contributed by atoms with E-state index in [1.54, 1.807) is 13.2 Å². The molecule has 182 valence electrons. The number of rotatable bonds is 14. The van der Waals surface area contributed by atoms with Crippen molar-refractivity contribution in [1.29, 1.82) is 0 Å². The minimum Gasteiger partial charge on any atom is -0.493 e. The van der Waals surface area contributed by atoms with E-state index in [2.05, 4.69) is 24.1 Å². The largest absolute Gasteiger partial charge is 0.493 e. The van der Waals surface area contributed by atoms with Gasteiger partial charge in [-0.3, -0.25) is 4.79 Å². The summed E-state index contributed by atoms with van der Waals surface area (Å²) in [7, 11) is 1.66. The number of amides is 1. The van der Waals surface area contributed by atoms with Crippen molar-refractivity contribution < 1.29 is 19.4 Å². The molecule has 0 unspecified atom stereocenters. The summed E-state index contributed by atoms with van der Waals surface area (Å²) in [6, 6.07) is 6.98. The third kappa shape index (κ3) is 9.06. The average molecular weight is 450 g/mol. The molecule has 0 bridgehead atoms. The highest BCUT2D eigenvalue weighted by Crippen LogP contribution is 2.21. The minimum absolute atomic E-state index is 0.152. The van der Waals surface area contributed by atoms with Crippen molar-refractivity contribution in [2.24, 2.45) is 17.6 Å². The van der Waals surface area contributed by atoms with E-state index in [0.717, 1.165) is 19.5 Å². The highest BCUT2D eigenvalue weighted by Gasteiger charge is 2.25. The Morgan fingerprint density at radius 1 is 1.19 bits per heavy atom. The van der Waals surface area contributed by atoms with Crippen LogP contribution in [-0.4, -0.2) is 74.6 Å². The Kier molecular flexibility index (Phi) is 12.0. The molecular weight excluding hydrogens is 406 g/mol. The summed E-state index contributed by atoms with van der Waals surface area (Å²) in [6.07, 6.45) is 4.54. The highest BCUT2D eigenvalue weighted by molar-refractivity contribution is 5.96. The SMILES string of the molecule is COCCCOc1ccccc1C(=O)NC[C@@H](C[C@H](N)[C@@H](O)CN1CCCCC1)C(C)C. The van der Waals surface area contributed by atoms with E-state index in [1.807, 2.05) is 18.2 Å². The molecule has 0 aliphatic carbocycles. The zero-order valence-corrected chi connectivity index (χ0v) is 20.1. The molecule has 1 saturated heterocycles. The van der Waals surface area contributed by atoms with Gasteiger partial charge < -0.3 is 30.5 Å². The zero-order valence-electron chi connectivity index (χ0n) is 20.1. The number of nitrogens with two attached hydrogens (primary N) is 1. The number of para-hydroxylation sites is 1. The molecule has 1 aromatic rings. The summed E-state index contributed by atoms with van der Waals surface area (Å²) in [5.74, 6) is 0.945. The van der Waals surface area contributed by atoms with Crippen molar-refractivity contribution in [2.75, 3.05) is 46.5 Å². The number of carbonyl (C=O) groups excluding carboxylic acids is 1. The van der Waals surface area contributed by atoms with Crippen LogP contribution < -0.4 is 15.8 Å². The van der Waals surface area contributed by atoms with Gasteiger partial charge in [-0.25, -0.2) is 0 Å². The Morgan fingerprint density at radius 2 is 1.91 bits per heavy atom. The fourth-order valence-electron chi connectivity index (χ4n) is 4.12. The molecule has 0 spiro atoms. The van der Waals surface area contributed by atoms with Crippen LogP contribution >= 0.6 is 0 Å². The second-order valence-electron chi connectivity index (χ2n) is 9.23. The lowest BCUT2D eigenvalue weighted by Crippen LogP contribution is -2.47. The van der Waals surface area contributed by atoms with Crippen molar-refractivity contribution in [3.05, 3.63) is 29.8 Å². The lowest BCUT2D eigenvalue weighted by atomic mass is 9.87. The summed E-state index contributed by atoms with van der Waals surface area (Å²) in [5, 5.41) is 13.7. The van der Waals surface area contributed by atoms with Crippen LogP contribution in [0.1, 0.15) is 56.3 Å². The van der Waals surface area contributed by atoms with Crippen molar-refractivity contribution in [3.8, 4) is 5.75 Å². The van der Waals surface area contributed by atoms with Gasteiger partial charge in [0.05, 0.1) is 18.3 Å². The first-order chi connectivity index (χ1) is 15.4. The van der Waals surface area contributed by atoms with Crippen LogP contribution in [0.15, 0.2) is 24.3 Å². The lowest BCUT2D eigenvalue weighted by molar-refractivity contribution is 0.0716. The van der Waals surface area contributed by atoms with Gasteiger partial charge in [-0.15, -0.1) is 0 Å². The molecule has 3 atom stereocenters. The summed E-state index contributed by atoms with van der Waals surface area (Å²) in [6.45, 7) is 8.61. The van der Waals surface area contributed by atoms with Gasteiger partial charge in [0, 0.05) is 39.3 Å². The van der Waals surface area contributed by atoms with E-state index >= 15 is 0 Å². The van der Waals surface area contributed by atoms with Gasteiger partial charge in [-0.1, -0.05) is 32.4 Å². The highest BCUT2D eigenvalue weighted by atomic mass is 16.5. The summed E-state index contributed by atoms with van der Waals surface area (Å²) >= 11 is 0. The van der Waals surface area contributed by atoms with E-state index in [0.29, 0.717) is 50.0 Å². The second kappa shape index (κ2) is 14.5. The number of hydrogen-bond donors (Lipinski definition) is 3. The summed E-state index contributed by atoms with van der Waals surface area (Å²) in [5.41, 5.74) is 6.90. The standard InChI is InChI=1S/C25H43N3O4/c1-19(2)20(16-22(26)23(29)18-28-12-7-4-8-13-28)17-27-25(30)21-10-5-6-11-24(21)32-15-9-14-31-3/h5-6,10-11,19-20,22-23,29H,4,7-9,12-18,26H2,1-3H3,(H,27,30)/t20-,22+,23+/m1/s1. The molecule has 1 aliphatic heterocycles. The monoisotopic (exact) mass is 449 g/mol. The molecule has 1 aliphatic rings. The number of carbonyl (C=O) groups is 1. The number of methoxy groups -OCH3 is 1. The first-order valence-electron chi connectivity index (χ1n) is 12.1.